The molecule has 2 aromatic rings. The summed E-state index contributed by atoms with van der Waals surface area (Å²) in [5.41, 5.74) is 15.0. The Labute approximate surface area is 258 Å². The molecule has 0 nitrogen and oxygen atoms in total. The van der Waals surface area contributed by atoms with Crippen LogP contribution in [0.3, 0.4) is 0 Å². The van der Waals surface area contributed by atoms with Crippen LogP contribution >= 0.6 is 0 Å². The lowest BCUT2D eigenvalue weighted by atomic mass is 9.58. The molecule has 42 heavy (non-hydrogen) atoms. The first-order valence-electron chi connectivity index (χ1n) is 17.3. The molecule has 6 rings (SSSR count). The molecule has 0 heteroatoms. The third-order valence-corrected chi connectivity index (χ3v) is 12.0. The maximum atomic E-state index is 2.75. The van der Waals surface area contributed by atoms with Gasteiger partial charge in [0.2, 0.25) is 0 Å². The molecule has 226 valence electrons. The largest absolute Gasteiger partial charge is 0.0619 e. The van der Waals surface area contributed by atoms with Crippen molar-refractivity contribution in [3.05, 3.63) is 81.4 Å². The van der Waals surface area contributed by atoms with E-state index in [4.69, 9.17) is 0 Å². The summed E-state index contributed by atoms with van der Waals surface area (Å²) in [6.45, 7) is 26.7. The topological polar surface area (TPSA) is 0 Å². The minimum absolute atomic E-state index is 0.122. The van der Waals surface area contributed by atoms with Crippen molar-refractivity contribution >= 4 is 0 Å². The molecule has 4 aliphatic carbocycles. The van der Waals surface area contributed by atoms with Crippen LogP contribution in [-0.2, 0) is 10.8 Å². The number of benzene rings is 2. The lowest BCUT2D eigenvalue weighted by Crippen LogP contribution is -2.36. The quantitative estimate of drug-likeness (QED) is 0.349. The number of fused-ring (bicyclic) bond motifs is 3. The fourth-order valence-corrected chi connectivity index (χ4v) is 9.35. The van der Waals surface area contributed by atoms with Gasteiger partial charge in [-0.1, -0.05) is 149 Å². The number of hydrogen-bond donors (Lipinski definition) is 0. The molecule has 1 saturated carbocycles. The van der Waals surface area contributed by atoms with Gasteiger partial charge in [-0.05, 0) is 98.6 Å². The van der Waals surface area contributed by atoms with Gasteiger partial charge >= 0.3 is 0 Å². The van der Waals surface area contributed by atoms with Crippen LogP contribution in [0, 0.1) is 28.6 Å². The van der Waals surface area contributed by atoms with Gasteiger partial charge in [-0.15, -0.1) is 0 Å². The van der Waals surface area contributed by atoms with Crippen molar-refractivity contribution in [2.24, 2.45) is 28.6 Å². The molecule has 0 N–H and O–H groups in total. The maximum absolute atomic E-state index is 2.75. The zero-order valence-corrected chi connectivity index (χ0v) is 28.8. The first kappa shape index (κ1) is 30.0. The normalized spacial score (nSPS) is 25.2. The van der Waals surface area contributed by atoms with E-state index in [0.29, 0.717) is 11.8 Å². The Morgan fingerprint density at radius 1 is 0.690 bits per heavy atom. The van der Waals surface area contributed by atoms with Gasteiger partial charge in [0, 0.05) is 11.3 Å². The van der Waals surface area contributed by atoms with Crippen molar-refractivity contribution in [3.8, 4) is 11.1 Å². The van der Waals surface area contributed by atoms with Crippen molar-refractivity contribution < 1.29 is 0 Å². The number of hydrogen-bond acceptors (Lipinski definition) is 0. The predicted octanol–water partition coefficient (Wildman–Crippen LogP) is 12.3. The van der Waals surface area contributed by atoms with Crippen molar-refractivity contribution in [1.29, 1.82) is 0 Å². The Kier molecular flexibility index (Phi) is 7.11. The highest BCUT2D eigenvalue weighted by molar-refractivity contribution is 5.81. The first-order valence-corrected chi connectivity index (χ1v) is 17.3. The molecule has 4 aliphatic rings. The van der Waals surface area contributed by atoms with Crippen LogP contribution in [0.2, 0.25) is 0 Å². The molecule has 2 aromatic carbocycles. The van der Waals surface area contributed by atoms with Crippen LogP contribution < -0.4 is 0 Å². The standard InChI is InChI=1S/C42H58/c1-26(2)42(25-36(27-15-13-12-14-16-27)33-23-30(24-37(33)42)41(9,10)11)38-34-21-28(39(3,4)5)17-19-31(34)32-20-18-29(22-35(32)38)40(6,7)8/h17-22,24,26-27,36,38H,12-16,23,25H2,1-11H3. The van der Waals surface area contributed by atoms with Gasteiger partial charge in [0.05, 0.1) is 0 Å². The number of allylic oxidation sites excluding steroid dienone is 4. The fraction of sp³-hybridized carbons (Fsp3) is 0.619. The lowest BCUT2D eigenvalue weighted by Gasteiger charge is -2.44. The van der Waals surface area contributed by atoms with Crippen LogP contribution in [0.15, 0.2) is 59.2 Å². The Balaban J connectivity index is 1.62. The SMILES string of the molecule is CC(C)C1(C2c3cc(C(C)(C)C)ccc3-c3ccc(C(C)(C)C)cc32)CC(C2CCCCC2)C2=C1C=C(C(C)(C)C)C2. The highest BCUT2D eigenvalue weighted by Crippen LogP contribution is 2.69. The molecule has 0 radical (unpaired) electrons. The molecule has 0 bridgehead atoms. The Bertz CT molecular complexity index is 1370. The molecule has 0 saturated heterocycles. The van der Waals surface area contributed by atoms with Crippen LogP contribution in [0.25, 0.3) is 11.1 Å². The maximum Gasteiger partial charge on any atom is 0.0201 e. The van der Waals surface area contributed by atoms with Gasteiger partial charge in [-0.2, -0.15) is 0 Å². The second-order valence-electron chi connectivity index (χ2n) is 18.0. The predicted molar refractivity (Wildman–Crippen MR) is 182 cm³/mol. The van der Waals surface area contributed by atoms with E-state index in [1.807, 2.05) is 5.57 Å². The monoisotopic (exact) mass is 562 g/mol. The van der Waals surface area contributed by atoms with Crippen molar-refractivity contribution in [2.45, 2.75) is 138 Å². The highest BCUT2D eigenvalue weighted by Gasteiger charge is 2.57. The molecule has 0 spiro atoms. The van der Waals surface area contributed by atoms with E-state index in [2.05, 4.69) is 119 Å². The molecular formula is C42H58. The average molecular weight is 563 g/mol. The smallest absolute Gasteiger partial charge is 0.0201 e. The summed E-state index contributed by atoms with van der Waals surface area (Å²) in [5.74, 6) is 2.57. The Morgan fingerprint density at radius 3 is 1.67 bits per heavy atom. The summed E-state index contributed by atoms with van der Waals surface area (Å²) in [4.78, 5) is 0. The van der Waals surface area contributed by atoms with Crippen molar-refractivity contribution in [2.75, 3.05) is 0 Å². The van der Waals surface area contributed by atoms with E-state index in [9.17, 15) is 0 Å². The van der Waals surface area contributed by atoms with Crippen LogP contribution in [0.1, 0.15) is 149 Å². The van der Waals surface area contributed by atoms with Crippen LogP contribution in [0.5, 0.6) is 0 Å². The second-order valence-corrected chi connectivity index (χ2v) is 18.0. The second kappa shape index (κ2) is 9.97. The molecule has 1 fully saturated rings. The van der Waals surface area contributed by atoms with Gasteiger partial charge in [-0.3, -0.25) is 0 Å². The third kappa shape index (κ3) is 4.70. The van der Waals surface area contributed by atoms with Gasteiger partial charge in [0.15, 0.2) is 0 Å². The summed E-state index contributed by atoms with van der Waals surface area (Å²) in [7, 11) is 0. The fourth-order valence-electron chi connectivity index (χ4n) is 9.35. The summed E-state index contributed by atoms with van der Waals surface area (Å²) in [6.07, 6.45) is 12.4. The molecule has 2 atom stereocenters. The van der Waals surface area contributed by atoms with Gasteiger partial charge in [0.25, 0.3) is 0 Å². The van der Waals surface area contributed by atoms with E-state index in [-0.39, 0.29) is 21.7 Å². The molecular weight excluding hydrogens is 504 g/mol. The van der Waals surface area contributed by atoms with E-state index in [1.165, 1.54) is 67.2 Å². The summed E-state index contributed by atoms with van der Waals surface area (Å²) in [5, 5.41) is 0. The molecule has 0 aliphatic heterocycles. The van der Waals surface area contributed by atoms with Gasteiger partial charge < -0.3 is 0 Å². The summed E-state index contributed by atoms with van der Waals surface area (Å²) >= 11 is 0. The van der Waals surface area contributed by atoms with E-state index < -0.39 is 0 Å². The number of rotatable bonds is 3. The van der Waals surface area contributed by atoms with E-state index in [0.717, 1.165) is 11.8 Å². The molecule has 0 aromatic heterocycles. The van der Waals surface area contributed by atoms with Crippen LogP contribution in [0.4, 0.5) is 0 Å². The minimum atomic E-state index is 0.122. The zero-order chi connectivity index (χ0) is 30.4. The van der Waals surface area contributed by atoms with E-state index >= 15 is 0 Å². The lowest BCUT2D eigenvalue weighted by molar-refractivity contribution is 0.162. The van der Waals surface area contributed by atoms with Gasteiger partial charge in [0.1, 0.15) is 0 Å². The van der Waals surface area contributed by atoms with Crippen molar-refractivity contribution in [3.63, 3.8) is 0 Å². The van der Waals surface area contributed by atoms with Crippen LogP contribution in [-0.4, -0.2) is 0 Å². The van der Waals surface area contributed by atoms with Crippen molar-refractivity contribution in [1.82, 2.24) is 0 Å². The molecule has 0 heterocycles. The summed E-state index contributed by atoms with van der Waals surface area (Å²) < 4.78 is 0. The minimum Gasteiger partial charge on any atom is -0.0619 e. The average Bonchev–Trinajstić information content (AvgIpc) is 3.57. The Morgan fingerprint density at radius 2 is 1.21 bits per heavy atom. The Hall–Kier alpha value is -2.08. The summed E-state index contributed by atoms with van der Waals surface area (Å²) in [6, 6.07) is 15.1. The third-order valence-electron chi connectivity index (χ3n) is 12.0. The van der Waals surface area contributed by atoms with Gasteiger partial charge in [-0.25, -0.2) is 0 Å². The first-order chi connectivity index (χ1) is 19.5. The van der Waals surface area contributed by atoms with E-state index in [1.54, 1.807) is 22.3 Å². The molecule has 0 amide bonds. The molecule has 2 unspecified atom stereocenters. The zero-order valence-electron chi connectivity index (χ0n) is 28.8. The highest BCUT2D eigenvalue weighted by atomic mass is 14.6.